The van der Waals surface area contributed by atoms with E-state index in [4.69, 9.17) is 4.52 Å². The van der Waals surface area contributed by atoms with Gasteiger partial charge in [0.15, 0.2) is 0 Å². The molecular weight excluding hydrogens is 290 g/mol. The molecule has 0 aliphatic carbocycles. The van der Waals surface area contributed by atoms with E-state index in [0.717, 1.165) is 24.7 Å². The van der Waals surface area contributed by atoms with Gasteiger partial charge in [0.1, 0.15) is 11.3 Å². The van der Waals surface area contributed by atoms with Crippen LogP contribution in [0.3, 0.4) is 0 Å². The number of rotatable bonds is 3. The van der Waals surface area contributed by atoms with Crippen molar-refractivity contribution in [3.63, 3.8) is 0 Å². The number of nitrogens with one attached hydrogen (secondary N) is 1. The Kier molecular flexibility index (Phi) is 4.37. The van der Waals surface area contributed by atoms with E-state index >= 15 is 0 Å². The molecule has 1 aromatic carbocycles. The molecule has 1 aliphatic rings. The Morgan fingerprint density at radius 3 is 2.43 bits per heavy atom. The Hall–Kier alpha value is -2.30. The van der Waals surface area contributed by atoms with Crippen LogP contribution in [0.15, 0.2) is 28.8 Å². The first-order chi connectivity index (χ1) is 11.0. The largest absolute Gasteiger partial charge is 0.372 e. The Morgan fingerprint density at radius 1 is 1.22 bits per heavy atom. The topological polar surface area (TPSA) is 58.4 Å². The van der Waals surface area contributed by atoms with Crippen molar-refractivity contribution in [1.29, 1.82) is 0 Å². The SMILES string of the molecule is Cc1noc(C)c1C(=O)Nc1ccc(N2CCC(C)CC2)cc1. The maximum absolute atomic E-state index is 12.3. The lowest BCUT2D eigenvalue weighted by Gasteiger charge is -2.32. The molecule has 5 nitrogen and oxygen atoms in total. The van der Waals surface area contributed by atoms with E-state index in [1.165, 1.54) is 18.5 Å². The summed E-state index contributed by atoms with van der Waals surface area (Å²) in [5.74, 6) is 1.18. The van der Waals surface area contributed by atoms with Crippen LogP contribution >= 0.6 is 0 Å². The molecule has 3 rings (SSSR count). The Bertz CT molecular complexity index is 663. The van der Waals surface area contributed by atoms with Gasteiger partial charge in [-0.2, -0.15) is 0 Å². The predicted octanol–water partition coefficient (Wildman–Crippen LogP) is 3.78. The first-order valence-corrected chi connectivity index (χ1v) is 8.14. The fourth-order valence-corrected chi connectivity index (χ4v) is 3.02. The number of hydrogen-bond acceptors (Lipinski definition) is 4. The standard InChI is InChI=1S/C18H23N3O2/c1-12-8-10-21(11-9-12)16-6-4-15(5-7-16)19-18(22)17-13(2)20-23-14(17)3/h4-7,12H,8-11H2,1-3H3,(H,19,22). The van der Waals surface area contributed by atoms with Gasteiger partial charge in [0.2, 0.25) is 0 Å². The van der Waals surface area contributed by atoms with Crippen LogP contribution in [-0.2, 0) is 0 Å². The zero-order chi connectivity index (χ0) is 16.4. The average molecular weight is 313 g/mol. The molecule has 5 heteroatoms. The van der Waals surface area contributed by atoms with Crippen LogP contribution in [0.2, 0.25) is 0 Å². The smallest absolute Gasteiger partial charge is 0.261 e. The Morgan fingerprint density at radius 2 is 1.87 bits per heavy atom. The number of carbonyl (C=O) groups is 1. The molecule has 1 aliphatic heterocycles. The highest BCUT2D eigenvalue weighted by atomic mass is 16.5. The van der Waals surface area contributed by atoms with Gasteiger partial charge in [0.05, 0.1) is 5.69 Å². The van der Waals surface area contributed by atoms with Crippen molar-refractivity contribution in [2.75, 3.05) is 23.3 Å². The minimum Gasteiger partial charge on any atom is -0.372 e. The molecule has 1 amide bonds. The summed E-state index contributed by atoms with van der Waals surface area (Å²) in [6.07, 6.45) is 2.48. The van der Waals surface area contributed by atoms with Crippen LogP contribution in [0.25, 0.3) is 0 Å². The number of carbonyl (C=O) groups excluding carboxylic acids is 1. The summed E-state index contributed by atoms with van der Waals surface area (Å²) in [6, 6.07) is 8.03. The van der Waals surface area contributed by atoms with Gasteiger partial charge in [-0.1, -0.05) is 12.1 Å². The summed E-state index contributed by atoms with van der Waals surface area (Å²) >= 11 is 0. The molecule has 0 bridgehead atoms. The second-order valence-corrected chi connectivity index (χ2v) is 6.37. The summed E-state index contributed by atoms with van der Waals surface area (Å²) in [5.41, 5.74) is 3.12. The van der Waals surface area contributed by atoms with Crippen molar-refractivity contribution in [1.82, 2.24) is 5.16 Å². The summed E-state index contributed by atoms with van der Waals surface area (Å²) in [7, 11) is 0. The number of piperidine rings is 1. The molecule has 0 saturated carbocycles. The normalized spacial score (nSPS) is 15.7. The summed E-state index contributed by atoms with van der Waals surface area (Å²) < 4.78 is 5.04. The number of anilines is 2. The van der Waals surface area contributed by atoms with Gasteiger partial charge >= 0.3 is 0 Å². The van der Waals surface area contributed by atoms with Crippen molar-refractivity contribution >= 4 is 17.3 Å². The fraction of sp³-hybridized carbons (Fsp3) is 0.444. The third kappa shape index (κ3) is 3.38. The quantitative estimate of drug-likeness (QED) is 0.937. The van der Waals surface area contributed by atoms with E-state index in [0.29, 0.717) is 17.0 Å². The van der Waals surface area contributed by atoms with E-state index in [1.54, 1.807) is 13.8 Å². The fourth-order valence-electron chi connectivity index (χ4n) is 3.02. The summed E-state index contributed by atoms with van der Waals surface area (Å²) in [6.45, 7) is 8.03. The molecule has 122 valence electrons. The number of hydrogen-bond donors (Lipinski definition) is 1. The lowest BCUT2D eigenvalue weighted by molar-refractivity contribution is 0.102. The lowest BCUT2D eigenvalue weighted by Crippen LogP contribution is -2.32. The first-order valence-electron chi connectivity index (χ1n) is 8.14. The maximum Gasteiger partial charge on any atom is 0.261 e. The second-order valence-electron chi connectivity index (χ2n) is 6.37. The van der Waals surface area contributed by atoms with E-state index in [2.05, 4.69) is 34.4 Å². The van der Waals surface area contributed by atoms with Gasteiger partial charge in [-0.15, -0.1) is 0 Å². The number of aromatic nitrogens is 1. The van der Waals surface area contributed by atoms with Crippen LogP contribution in [-0.4, -0.2) is 24.2 Å². The van der Waals surface area contributed by atoms with Gasteiger partial charge < -0.3 is 14.7 Å². The maximum atomic E-state index is 12.3. The Balaban J connectivity index is 1.67. The summed E-state index contributed by atoms with van der Waals surface area (Å²) in [4.78, 5) is 14.7. The van der Waals surface area contributed by atoms with Crippen molar-refractivity contribution in [3.8, 4) is 0 Å². The molecule has 1 N–H and O–H groups in total. The Labute approximate surface area is 136 Å². The zero-order valence-corrected chi connectivity index (χ0v) is 13.9. The highest BCUT2D eigenvalue weighted by Gasteiger charge is 2.18. The molecule has 0 radical (unpaired) electrons. The number of benzene rings is 1. The van der Waals surface area contributed by atoms with Gasteiger partial charge in [-0.25, -0.2) is 0 Å². The predicted molar refractivity (Wildman–Crippen MR) is 91.0 cm³/mol. The highest BCUT2D eigenvalue weighted by Crippen LogP contribution is 2.24. The molecule has 2 heterocycles. The number of aryl methyl sites for hydroxylation is 2. The van der Waals surface area contributed by atoms with Crippen LogP contribution in [0.1, 0.15) is 41.6 Å². The van der Waals surface area contributed by atoms with Gasteiger partial charge in [-0.3, -0.25) is 4.79 Å². The van der Waals surface area contributed by atoms with Crippen LogP contribution in [0.4, 0.5) is 11.4 Å². The highest BCUT2D eigenvalue weighted by molar-refractivity contribution is 6.05. The van der Waals surface area contributed by atoms with E-state index in [9.17, 15) is 4.79 Å². The molecule has 2 aromatic rings. The lowest BCUT2D eigenvalue weighted by atomic mass is 9.99. The van der Waals surface area contributed by atoms with Crippen molar-refractivity contribution in [3.05, 3.63) is 41.3 Å². The van der Waals surface area contributed by atoms with Crippen molar-refractivity contribution < 1.29 is 9.32 Å². The van der Waals surface area contributed by atoms with Crippen molar-refractivity contribution in [2.24, 2.45) is 5.92 Å². The van der Waals surface area contributed by atoms with Gasteiger partial charge in [0, 0.05) is 24.5 Å². The molecule has 1 aromatic heterocycles. The van der Waals surface area contributed by atoms with Crippen LogP contribution in [0, 0.1) is 19.8 Å². The second kappa shape index (κ2) is 6.44. The third-order valence-corrected chi connectivity index (χ3v) is 4.53. The van der Waals surface area contributed by atoms with Crippen LogP contribution in [0.5, 0.6) is 0 Å². The molecule has 0 unspecified atom stereocenters. The molecule has 1 saturated heterocycles. The zero-order valence-electron chi connectivity index (χ0n) is 13.9. The number of nitrogens with zero attached hydrogens (tertiary/aromatic N) is 2. The molecular formula is C18H23N3O2. The molecule has 23 heavy (non-hydrogen) atoms. The molecule has 1 fully saturated rings. The minimum atomic E-state index is -0.180. The van der Waals surface area contributed by atoms with E-state index < -0.39 is 0 Å². The molecule has 0 atom stereocenters. The van der Waals surface area contributed by atoms with E-state index in [-0.39, 0.29) is 5.91 Å². The third-order valence-electron chi connectivity index (χ3n) is 4.53. The van der Waals surface area contributed by atoms with Gasteiger partial charge in [0.25, 0.3) is 5.91 Å². The number of amides is 1. The summed E-state index contributed by atoms with van der Waals surface area (Å²) in [5, 5.41) is 6.72. The minimum absolute atomic E-state index is 0.180. The van der Waals surface area contributed by atoms with Crippen LogP contribution < -0.4 is 10.2 Å². The molecule has 0 spiro atoms. The van der Waals surface area contributed by atoms with Crippen molar-refractivity contribution in [2.45, 2.75) is 33.6 Å². The monoisotopic (exact) mass is 313 g/mol. The van der Waals surface area contributed by atoms with E-state index in [1.807, 2.05) is 12.1 Å². The first kappa shape index (κ1) is 15.6. The average Bonchev–Trinajstić information content (AvgIpc) is 2.88. The van der Waals surface area contributed by atoms with Gasteiger partial charge in [-0.05, 0) is 56.9 Å².